The lowest BCUT2D eigenvalue weighted by molar-refractivity contribution is -0.133. The summed E-state index contributed by atoms with van der Waals surface area (Å²) in [5.74, 6) is -0.820. The van der Waals surface area contributed by atoms with Gasteiger partial charge in [0, 0.05) is 6.20 Å². The summed E-state index contributed by atoms with van der Waals surface area (Å²) in [5, 5.41) is 9.45. The predicted molar refractivity (Wildman–Crippen MR) is 71.4 cm³/mol. The summed E-state index contributed by atoms with van der Waals surface area (Å²) in [6, 6.07) is 7.97. The summed E-state index contributed by atoms with van der Waals surface area (Å²) in [6.07, 6.45) is 1.92. The number of hydrogen-bond donors (Lipinski definition) is 1. The van der Waals surface area contributed by atoms with Crippen LogP contribution in [0.4, 0.5) is 0 Å². The van der Waals surface area contributed by atoms with E-state index in [1.807, 2.05) is 48.9 Å². The maximum atomic E-state index is 10.6. The van der Waals surface area contributed by atoms with E-state index in [0.29, 0.717) is 5.16 Å². The Bertz CT molecular complexity index is 578. The van der Waals surface area contributed by atoms with E-state index in [1.165, 1.54) is 11.8 Å². The standard InChI is InChI=1S/C13H14N2O2S/c1-9-5-3-4-6-11(9)15-7-10(2)14-13(15)18-8-12(16)17/h3-7H,8H2,1-2H3,(H,16,17). The van der Waals surface area contributed by atoms with E-state index in [0.717, 1.165) is 16.9 Å². The van der Waals surface area contributed by atoms with E-state index in [2.05, 4.69) is 4.98 Å². The summed E-state index contributed by atoms with van der Waals surface area (Å²) in [7, 11) is 0. The molecule has 0 fully saturated rings. The highest BCUT2D eigenvalue weighted by molar-refractivity contribution is 7.99. The third kappa shape index (κ3) is 2.73. The van der Waals surface area contributed by atoms with Gasteiger partial charge in [0.25, 0.3) is 0 Å². The van der Waals surface area contributed by atoms with Gasteiger partial charge in [0.15, 0.2) is 5.16 Å². The Morgan fingerprint density at radius 3 is 2.78 bits per heavy atom. The molecule has 0 aliphatic heterocycles. The van der Waals surface area contributed by atoms with Crippen molar-refractivity contribution in [1.82, 2.24) is 9.55 Å². The highest BCUT2D eigenvalue weighted by Gasteiger charge is 2.11. The zero-order chi connectivity index (χ0) is 13.1. The monoisotopic (exact) mass is 262 g/mol. The van der Waals surface area contributed by atoms with Crippen molar-refractivity contribution in [2.75, 3.05) is 5.75 Å². The number of carbonyl (C=O) groups is 1. The minimum atomic E-state index is -0.836. The van der Waals surface area contributed by atoms with Crippen molar-refractivity contribution in [3.8, 4) is 5.69 Å². The van der Waals surface area contributed by atoms with Gasteiger partial charge in [-0.3, -0.25) is 9.36 Å². The van der Waals surface area contributed by atoms with Crippen LogP contribution in [-0.4, -0.2) is 26.4 Å². The number of rotatable bonds is 4. The Morgan fingerprint density at radius 2 is 2.11 bits per heavy atom. The minimum Gasteiger partial charge on any atom is -0.481 e. The van der Waals surface area contributed by atoms with Crippen molar-refractivity contribution in [3.05, 3.63) is 41.7 Å². The first kappa shape index (κ1) is 12.7. The Labute approximate surface area is 110 Å². The molecular weight excluding hydrogens is 248 g/mol. The molecule has 0 saturated carbocycles. The van der Waals surface area contributed by atoms with Crippen LogP contribution in [0, 0.1) is 13.8 Å². The van der Waals surface area contributed by atoms with E-state index < -0.39 is 5.97 Å². The first-order valence-electron chi connectivity index (χ1n) is 5.54. The lowest BCUT2D eigenvalue weighted by Gasteiger charge is -2.09. The Hall–Kier alpha value is -1.75. The van der Waals surface area contributed by atoms with E-state index in [-0.39, 0.29) is 5.75 Å². The smallest absolute Gasteiger partial charge is 0.313 e. The highest BCUT2D eigenvalue weighted by Crippen LogP contribution is 2.23. The normalized spacial score (nSPS) is 10.6. The molecule has 1 N–H and O–H groups in total. The maximum Gasteiger partial charge on any atom is 0.313 e. The van der Waals surface area contributed by atoms with Crippen LogP contribution in [0.1, 0.15) is 11.3 Å². The van der Waals surface area contributed by atoms with Gasteiger partial charge >= 0.3 is 5.97 Å². The van der Waals surface area contributed by atoms with Gasteiger partial charge in [-0.2, -0.15) is 0 Å². The van der Waals surface area contributed by atoms with Crippen molar-refractivity contribution in [1.29, 1.82) is 0 Å². The number of nitrogens with zero attached hydrogens (tertiary/aromatic N) is 2. The molecule has 0 radical (unpaired) electrons. The fourth-order valence-electron chi connectivity index (χ4n) is 1.71. The largest absolute Gasteiger partial charge is 0.481 e. The number of carboxylic acid groups (broad SMARTS) is 1. The summed E-state index contributed by atoms with van der Waals surface area (Å²) < 4.78 is 1.94. The van der Waals surface area contributed by atoms with Gasteiger partial charge in [-0.05, 0) is 25.5 Å². The average molecular weight is 262 g/mol. The van der Waals surface area contributed by atoms with Crippen molar-refractivity contribution in [2.45, 2.75) is 19.0 Å². The number of imidazole rings is 1. The van der Waals surface area contributed by atoms with E-state index >= 15 is 0 Å². The number of carboxylic acids is 1. The van der Waals surface area contributed by atoms with Gasteiger partial charge in [0.1, 0.15) is 0 Å². The molecule has 0 atom stereocenters. The van der Waals surface area contributed by atoms with Gasteiger partial charge in [-0.15, -0.1) is 0 Å². The number of aryl methyl sites for hydroxylation is 2. The lowest BCUT2D eigenvalue weighted by atomic mass is 10.2. The zero-order valence-corrected chi connectivity index (χ0v) is 11.1. The molecule has 4 nitrogen and oxygen atoms in total. The molecule has 0 amide bonds. The van der Waals surface area contributed by atoms with Gasteiger partial charge in [-0.1, -0.05) is 30.0 Å². The van der Waals surface area contributed by atoms with Crippen LogP contribution in [-0.2, 0) is 4.79 Å². The second kappa shape index (κ2) is 5.27. The van der Waals surface area contributed by atoms with Crippen LogP contribution in [0.2, 0.25) is 0 Å². The number of aromatic nitrogens is 2. The molecule has 2 rings (SSSR count). The number of thioether (sulfide) groups is 1. The van der Waals surface area contributed by atoms with E-state index in [4.69, 9.17) is 5.11 Å². The minimum absolute atomic E-state index is 0.0162. The zero-order valence-electron chi connectivity index (χ0n) is 10.3. The molecule has 0 spiro atoms. The first-order chi connectivity index (χ1) is 8.58. The molecule has 0 aliphatic rings. The molecule has 1 aromatic carbocycles. The average Bonchev–Trinajstić information content (AvgIpc) is 2.68. The van der Waals surface area contributed by atoms with Gasteiger partial charge < -0.3 is 5.11 Å². The van der Waals surface area contributed by atoms with Crippen LogP contribution in [0.3, 0.4) is 0 Å². The number of aliphatic carboxylic acids is 1. The molecule has 0 saturated heterocycles. The number of benzene rings is 1. The molecule has 5 heteroatoms. The second-order valence-electron chi connectivity index (χ2n) is 4.00. The van der Waals surface area contributed by atoms with Crippen LogP contribution in [0.15, 0.2) is 35.6 Å². The second-order valence-corrected chi connectivity index (χ2v) is 4.95. The topological polar surface area (TPSA) is 55.1 Å². The molecule has 1 heterocycles. The molecule has 0 bridgehead atoms. The fraction of sp³-hybridized carbons (Fsp3) is 0.231. The van der Waals surface area contributed by atoms with Crippen molar-refractivity contribution in [2.24, 2.45) is 0 Å². The summed E-state index contributed by atoms with van der Waals surface area (Å²) in [4.78, 5) is 15.0. The van der Waals surface area contributed by atoms with Gasteiger partial charge in [0.05, 0.1) is 17.1 Å². The summed E-state index contributed by atoms with van der Waals surface area (Å²) >= 11 is 1.23. The third-order valence-electron chi connectivity index (χ3n) is 2.49. The van der Waals surface area contributed by atoms with Crippen LogP contribution in [0.5, 0.6) is 0 Å². The Balaban J connectivity index is 2.38. The quantitative estimate of drug-likeness (QED) is 0.861. The summed E-state index contributed by atoms with van der Waals surface area (Å²) in [5.41, 5.74) is 3.05. The number of para-hydroxylation sites is 1. The van der Waals surface area contributed by atoms with Crippen LogP contribution in [0.25, 0.3) is 5.69 Å². The van der Waals surface area contributed by atoms with Crippen LogP contribution >= 0.6 is 11.8 Å². The third-order valence-corrected chi connectivity index (χ3v) is 3.43. The molecule has 94 valence electrons. The van der Waals surface area contributed by atoms with Gasteiger partial charge in [0.2, 0.25) is 0 Å². The predicted octanol–water partition coefficient (Wildman–Crippen LogP) is 2.67. The fourth-order valence-corrected chi connectivity index (χ4v) is 2.46. The highest BCUT2D eigenvalue weighted by atomic mass is 32.2. The first-order valence-corrected chi connectivity index (χ1v) is 6.53. The Kier molecular flexibility index (Phi) is 3.72. The number of hydrogen-bond acceptors (Lipinski definition) is 3. The molecule has 2 aromatic rings. The maximum absolute atomic E-state index is 10.6. The SMILES string of the molecule is Cc1cn(-c2ccccc2C)c(SCC(=O)O)n1. The summed E-state index contributed by atoms with van der Waals surface area (Å²) in [6.45, 7) is 3.93. The van der Waals surface area contributed by atoms with Crippen molar-refractivity contribution in [3.63, 3.8) is 0 Å². The Morgan fingerprint density at radius 1 is 1.39 bits per heavy atom. The van der Waals surface area contributed by atoms with E-state index in [9.17, 15) is 4.79 Å². The van der Waals surface area contributed by atoms with Crippen molar-refractivity contribution >= 4 is 17.7 Å². The van der Waals surface area contributed by atoms with E-state index in [1.54, 1.807) is 0 Å². The molecule has 18 heavy (non-hydrogen) atoms. The lowest BCUT2D eigenvalue weighted by Crippen LogP contribution is -2.02. The molecular formula is C13H14N2O2S. The molecule has 1 aromatic heterocycles. The molecule has 0 aliphatic carbocycles. The van der Waals surface area contributed by atoms with Crippen molar-refractivity contribution < 1.29 is 9.90 Å². The van der Waals surface area contributed by atoms with Gasteiger partial charge in [-0.25, -0.2) is 4.98 Å². The molecule has 0 unspecified atom stereocenters. The van der Waals surface area contributed by atoms with Crippen LogP contribution < -0.4 is 0 Å².